The molecule has 1 saturated carbocycles. The second-order valence-electron chi connectivity index (χ2n) is 6.66. The molecule has 7 heteroatoms. The van der Waals surface area contributed by atoms with Crippen LogP contribution in [0.5, 0.6) is 0 Å². The number of aliphatic hydroxyl groups is 1. The molecule has 1 heterocycles. The number of carbonyl (C=O) groups is 1. The summed E-state index contributed by atoms with van der Waals surface area (Å²) in [5, 5.41) is 19.5. The zero-order valence-electron chi connectivity index (χ0n) is 13.7. The molecule has 0 radical (unpaired) electrons. The first-order valence-electron chi connectivity index (χ1n) is 8.01. The number of carboxylic acid groups (broad SMARTS) is 1. The predicted octanol–water partition coefficient (Wildman–Crippen LogP) is 1.10. The molecule has 128 valence electrons. The third-order valence-corrected chi connectivity index (χ3v) is 4.60. The van der Waals surface area contributed by atoms with E-state index in [-0.39, 0.29) is 5.92 Å². The van der Waals surface area contributed by atoms with Crippen LogP contribution in [-0.4, -0.2) is 44.9 Å². The van der Waals surface area contributed by atoms with E-state index in [1.54, 1.807) is 11.9 Å². The molecule has 1 aliphatic rings. The van der Waals surface area contributed by atoms with Gasteiger partial charge in [-0.25, -0.2) is 4.98 Å². The fourth-order valence-corrected chi connectivity index (χ4v) is 3.30. The Kier molecular flexibility index (Phi) is 5.41. The second-order valence-corrected chi connectivity index (χ2v) is 6.66. The Morgan fingerprint density at radius 2 is 2.09 bits per heavy atom. The monoisotopic (exact) mass is 323 g/mol. The topological polar surface area (TPSA) is 95.7 Å². The number of aromatic nitrogens is 2. The molecule has 7 nitrogen and oxygen atoms in total. The summed E-state index contributed by atoms with van der Waals surface area (Å²) in [5.41, 5.74) is -1.26. The summed E-state index contributed by atoms with van der Waals surface area (Å²) in [6, 6.07) is 1.31. The van der Waals surface area contributed by atoms with Gasteiger partial charge in [-0.2, -0.15) is 0 Å². The summed E-state index contributed by atoms with van der Waals surface area (Å²) in [5.74, 6) is -0.394. The summed E-state index contributed by atoms with van der Waals surface area (Å²) in [7, 11) is 1.78. The van der Waals surface area contributed by atoms with Gasteiger partial charge < -0.3 is 15.1 Å². The summed E-state index contributed by atoms with van der Waals surface area (Å²) >= 11 is 0. The van der Waals surface area contributed by atoms with Crippen LogP contribution in [0.25, 0.3) is 0 Å². The van der Waals surface area contributed by atoms with Crippen molar-refractivity contribution in [1.29, 1.82) is 0 Å². The maximum Gasteiger partial charge on any atom is 0.323 e. The Hall–Kier alpha value is -1.89. The third-order valence-electron chi connectivity index (χ3n) is 4.60. The van der Waals surface area contributed by atoms with Gasteiger partial charge in [-0.3, -0.25) is 14.2 Å². The summed E-state index contributed by atoms with van der Waals surface area (Å²) in [6.07, 6.45) is 6.80. The smallest absolute Gasteiger partial charge is 0.323 e. The van der Waals surface area contributed by atoms with E-state index in [9.17, 15) is 14.7 Å². The van der Waals surface area contributed by atoms with E-state index in [1.807, 2.05) is 6.92 Å². The first kappa shape index (κ1) is 17.5. The minimum absolute atomic E-state index is 0.256. The lowest BCUT2D eigenvalue weighted by molar-refractivity contribution is -0.137. The molecule has 0 aliphatic heterocycles. The van der Waals surface area contributed by atoms with Crippen molar-refractivity contribution in [2.24, 2.45) is 5.92 Å². The number of likely N-dealkylation sites (N-methyl/N-ethyl adjacent to an activating group) is 1. The molecular weight excluding hydrogens is 298 g/mol. The molecular formula is C16H25N3O4. The zero-order chi connectivity index (χ0) is 17.0. The average Bonchev–Trinajstić information content (AvgIpc) is 2.49. The Morgan fingerprint density at radius 1 is 1.43 bits per heavy atom. The molecule has 0 aromatic carbocycles. The number of hydrogen-bond donors (Lipinski definition) is 2. The number of hydrogen-bond acceptors (Lipinski definition) is 5. The number of rotatable bonds is 6. The van der Waals surface area contributed by atoms with E-state index in [0.717, 1.165) is 30.3 Å². The average molecular weight is 323 g/mol. The molecule has 1 aromatic heterocycles. The van der Waals surface area contributed by atoms with Crippen LogP contribution in [0.1, 0.15) is 39.0 Å². The summed E-state index contributed by atoms with van der Waals surface area (Å²) in [6.45, 7) is 1.81. The minimum Gasteiger partial charge on any atom is -0.480 e. The highest BCUT2D eigenvalue weighted by molar-refractivity contribution is 5.66. The van der Waals surface area contributed by atoms with E-state index < -0.39 is 23.7 Å². The SMILES string of the molecule is CN(CC(C)(O)C1CCCCC1)c1cc(=O)n(CC(=O)O)cn1. The van der Waals surface area contributed by atoms with E-state index in [2.05, 4.69) is 4.98 Å². The predicted molar refractivity (Wildman–Crippen MR) is 86.6 cm³/mol. The van der Waals surface area contributed by atoms with Gasteiger partial charge in [-0.1, -0.05) is 19.3 Å². The number of aliphatic carboxylic acids is 1. The van der Waals surface area contributed by atoms with Crippen LogP contribution >= 0.6 is 0 Å². The zero-order valence-corrected chi connectivity index (χ0v) is 13.7. The lowest BCUT2D eigenvalue weighted by Crippen LogP contribution is -2.46. The van der Waals surface area contributed by atoms with Crippen molar-refractivity contribution in [2.75, 3.05) is 18.5 Å². The highest BCUT2D eigenvalue weighted by Crippen LogP contribution is 2.33. The van der Waals surface area contributed by atoms with E-state index >= 15 is 0 Å². The van der Waals surface area contributed by atoms with E-state index in [0.29, 0.717) is 12.4 Å². The number of carboxylic acids is 1. The molecule has 0 saturated heterocycles. The molecule has 2 N–H and O–H groups in total. The molecule has 23 heavy (non-hydrogen) atoms. The number of anilines is 1. The van der Waals surface area contributed by atoms with Gasteiger partial charge in [0.1, 0.15) is 18.7 Å². The fraction of sp³-hybridized carbons (Fsp3) is 0.688. The molecule has 1 unspecified atom stereocenters. The Labute approximate surface area is 135 Å². The van der Waals surface area contributed by atoms with Crippen molar-refractivity contribution in [3.8, 4) is 0 Å². The Bertz CT molecular complexity index is 606. The van der Waals surface area contributed by atoms with Gasteiger partial charge in [0.25, 0.3) is 5.56 Å². The summed E-state index contributed by atoms with van der Waals surface area (Å²) in [4.78, 5) is 28.5. The Balaban J connectivity index is 2.07. The van der Waals surface area contributed by atoms with E-state index in [1.165, 1.54) is 18.8 Å². The molecule has 0 spiro atoms. The molecule has 1 fully saturated rings. The minimum atomic E-state index is -1.09. The van der Waals surface area contributed by atoms with Crippen molar-refractivity contribution < 1.29 is 15.0 Å². The van der Waals surface area contributed by atoms with Gasteiger partial charge in [-0.15, -0.1) is 0 Å². The van der Waals surface area contributed by atoms with Crippen molar-refractivity contribution in [3.05, 3.63) is 22.7 Å². The van der Waals surface area contributed by atoms with Gasteiger partial charge in [0.05, 0.1) is 5.60 Å². The fourth-order valence-electron chi connectivity index (χ4n) is 3.30. The van der Waals surface area contributed by atoms with Crippen molar-refractivity contribution in [1.82, 2.24) is 9.55 Å². The molecule has 1 aliphatic carbocycles. The maximum absolute atomic E-state index is 11.9. The van der Waals surface area contributed by atoms with Gasteiger partial charge in [-0.05, 0) is 25.7 Å². The number of nitrogens with zero attached hydrogens (tertiary/aromatic N) is 3. The second kappa shape index (κ2) is 7.12. The quantitative estimate of drug-likeness (QED) is 0.814. The van der Waals surface area contributed by atoms with Crippen LogP contribution in [0.3, 0.4) is 0 Å². The van der Waals surface area contributed by atoms with Crippen molar-refractivity contribution >= 4 is 11.8 Å². The third kappa shape index (κ3) is 4.54. The molecule has 1 aromatic rings. The van der Waals surface area contributed by atoms with Crippen LogP contribution in [0.15, 0.2) is 17.2 Å². The largest absolute Gasteiger partial charge is 0.480 e. The van der Waals surface area contributed by atoms with Crippen LogP contribution < -0.4 is 10.5 Å². The van der Waals surface area contributed by atoms with Gasteiger partial charge >= 0.3 is 5.97 Å². The Morgan fingerprint density at radius 3 is 2.65 bits per heavy atom. The maximum atomic E-state index is 11.9. The lowest BCUT2D eigenvalue weighted by Gasteiger charge is -2.38. The van der Waals surface area contributed by atoms with Crippen LogP contribution in [-0.2, 0) is 11.3 Å². The van der Waals surface area contributed by atoms with Crippen LogP contribution in [0, 0.1) is 5.92 Å². The van der Waals surface area contributed by atoms with Crippen LogP contribution in [0.2, 0.25) is 0 Å². The van der Waals surface area contributed by atoms with E-state index in [4.69, 9.17) is 5.11 Å². The van der Waals surface area contributed by atoms with Gasteiger partial charge in [0.2, 0.25) is 0 Å². The highest BCUT2D eigenvalue weighted by Gasteiger charge is 2.34. The molecule has 1 atom stereocenters. The van der Waals surface area contributed by atoms with Crippen LogP contribution in [0.4, 0.5) is 5.82 Å². The first-order chi connectivity index (χ1) is 10.8. The lowest BCUT2D eigenvalue weighted by atomic mass is 9.77. The molecule has 0 bridgehead atoms. The molecule has 0 amide bonds. The van der Waals surface area contributed by atoms with Gasteiger partial charge in [0, 0.05) is 19.7 Å². The van der Waals surface area contributed by atoms with Crippen molar-refractivity contribution in [2.45, 2.75) is 51.2 Å². The standard InChI is InChI=1S/C16H25N3O4/c1-16(23,12-6-4-3-5-7-12)10-18(2)13-8-14(20)19(11-17-13)9-15(21)22/h8,11-12,23H,3-7,9-10H2,1-2H3,(H,21,22). The van der Waals surface area contributed by atoms with Crippen molar-refractivity contribution in [3.63, 3.8) is 0 Å². The van der Waals surface area contributed by atoms with Gasteiger partial charge in [0.15, 0.2) is 0 Å². The normalized spacial score (nSPS) is 18.4. The molecule has 2 rings (SSSR count). The summed E-state index contributed by atoms with van der Waals surface area (Å²) < 4.78 is 1.04. The first-order valence-corrected chi connectivity index (χ1v) is 8.01. The highest BCUT2D eigenvalue weighted by atomic mass is 16.4.